The van der Waals surface area contributed by atoms with Gasteiger partial charge in [-0.2, -0.15) is 0 Å². The van der Waals surface area contributed by atoms with Gasteiger partial charge in [-0.05, 0) is 73.4 Å². The van der Waals surface area contributed by atoms with Gasteiger partial charge in [-0.25, -0.2) is 0 Å². The highest BCUT2D eigenvalue weighted by Gasteiger charge is 2.13. The number of nitrogens with one attached hydrogen (secondary N) is 4. The van der Waals surface area contributed by atoms with Crippen LogP contribution in [0.4, 0.5) is 22.7 Å². The average molecular weight is 431 g/mol. The Morgan fingerprint density at radius 1 is 0.966 bits per heavy atom. The molecule has 0 aliphatic heterocycles. The predicted molar refractivity (Wildman–Crippen MR) is 127 cm³/mol. The molecule has 154 valence electrons. The number of rotatable bonds is 6. The molecular formula is C22H27ClN4OS. The van der Waals surface area contributed by atoms with Crippen LogP contribution < -0.4 is 21.3 Å². The van der Waals surface area contributed by atoms with Crippen LogP contribution in [-0.4, -0.2) is 17.6 Å². The van der Waals surface area contributed by atoms with Crippen LogP contribution in [0.5, 0.6) is 0 Å². The normalized spacial score (nSPS) is 14.1. The van der Waals surface area contributed by atoms with Crippen molar-refractivity contribution in [3.8, 4) is 0 Å². The van der Waals surface area contributed by atoms with E-state index in [1.807, 2.05) is 42.5 Å². The molecule has 0 spiro atoms. The minimum Gasteiger partial charge on any atom is -0.384 e. The molecule has 4 N–H and O–H groups in total. The quantitative estimate of drug-likeness (QED) is 0.417. The van der Waals surface area contributed by atoms with E-state index in [1.165, 1.54) is 39.0 Å². The van der Waals surface area contributed by atoms with Crippen molar-refractivity contribution in [1.29, 1.82) is 0 Å². The molecule has 1 fully saturated rings. The van der Waals surface area contributed by atoms with Gasteiger partial charge in [0.1, 0.15) is 0 Å². The van der Waals surface area contributed by atoms with Gasteiger partial charge in [0, 0.05) is 30.5 Å². The lowest BCUT2D eigenvalue weighted by Crippen LogP contribution is -2.19. The van der Waals surface area contributed by atoms with E-state index in [2.05, 4.69) is 21.3 Å². The van der Waals surface area contributed by atoms with Gasteiger partial charge in [0.05, 0.1) is 10.7 Å². The molecule has 1 saturated carbocycles. The number of benzene rings is 2. The first kappa shape index (κ1) is 21.4. The number of amides is 1. The highest BCUT2D eigenvalue weighted by molar-refractivity contribution is 7.80. The summed E-state index contributed by atoms with van der Waals surface area (Å²) in [4.78, 5) is 11.1. The van der Waals surface area contributed by atoms with Gasteiger partial charge in [-0.3, -0.25) is 4.79 Å². The summed E-state index contributed by atoms with van der Waals surface area (Å²) in [5.74, 6) is 0.642. The Labute approximate surface area is 182 Å². The van der Waals surface area contributed by atoms with Crippen molar-refractivity contribution in [3.63, 3.8) is 0 Å². The molecule has 2 aromatic rings. The van der Waals surface area contributed by atoms with Crippen LogP contribution in [0.25, 0.3) is 0 Å². The first-order valence-corrected chi connectivity index (χ1v) is 10.8. The minimum atomic E-state index is -0.101. The number of halogens is 1. The van der Waals surface area contributed by atoms with Crippen LogP contribution in [-0.2, 0) is 4.79 Å². The van der Waals surface area contributed by atoms with E-state index in [1.54, 1.807) is 0 Å². The largest absolute Gasteiger partial charge is 0.384 e. The summed E-state index contributed by atoms with van der Waals surface area (Å²) in [5, 5.41) is 13.6. The Morgan fingerprint density at radius 2 is 1.55 bits per heavy atom. The Morgan fingerprint density at radius 3 is 2.17 bits per heavy atom. The third kappa shape index (κ3) is 6.91. The second-order valence-corrected chi connectivity index (χ2v) is 8.23. The van der Waals surface area contributed by atoms with Crippen molar-refractivity contribution in [2.75, 3.05) is 27.8 Å². The van der Waals surface area contributed by atoms with E-state index < -0.39 is 0 Å². The number of carbonyl (C=O) groups excluding carboxylic acids is 1. The molecule has 3 rings (SSSR count). The summed E-state index contributed by atoms with van der Waals surface area (Å²) in [6.45, 7) is 2.45. The fraction of sp³-hybridized carbons (Fsp3) is 0.364. The summed E-state index contributed by atoms with van der Waals surface area (Å²) >= 11 is 11.8. The zero-order valence-corrected chi connectivity index (χ0v) is 18.1. The molecule has 0 heterocycles. The van der Waals surface area contributed by atoms with Crippen LogP contribution in [0, 0.1) is 5.92 Å². The topological polar surface area (TPSA) is 65.2 Å². The molecular weight excluding hydrogens is 404 g/mol. The van der Waals surface area contributed by atoms with Crippen molar-refractivity contribution in [2.45, 2.75) is 39.0 Å². The van der Waals surface area contributed by atoms with E-state index >= 15 is 0 Å². The Balaban J connectivity index is 1.50. The molecule has 1 aliphatic rings. The summed E-state index contributed by atoms with van der Waals surface area (Å²) in [6.07, 6.45) is 6.64. The second-order valence-electron chi connectivity index (χ2n) is 7.42. The maximum atomic E-state index is 11.1. The van der Waals surface area contributed by atoms with Gasteiger partial charge in [0.2, 0.25) is 5.91 Å². The van der Waals surface area contributed by atoms with E-state index in [-0.39, 0.29) is 5.91 Å². The monoisotopic (exact) mass is 430 g/mol. The number of hydrogen-bond donors (Lipinski definition) is 4. The van der Waals surface area contributed by atoms with Crippen LogP contribution in [0.1, 0.15) is 39.0 Å². The van der Waals surface area contributed by atoms with Crippen LogP contribution in [0.15, 0.2) is 42.5 Å². The van der Waals surface area contributed by atoms with Crippen molar-refractivity contribution in [2.24, 2.45) is 5.92 Å². The summed E-state index contributed by atoms with van der Waals surface area (Å²) < 4.78 is 0. The standard InChI is InChI=1S/C22H27ClN4OS/c1-15(28)25-17-7-9-18(10-8-17)26-22(29)27-19-11-12-21(20(23)13-19)24-14-16-5-3-2-4-6-16/h7-13,16,24H,2-6,14H2,1H3,(H,25,28)(H2,26,27,29). The Hall–Kier alpha value is -2.31. The molecule has 5 nitrogen and oxygen atoms in total. The first-order chi connectivity index (χ1) is 14.0. The van der Waals surface area contributed by atoms with E-state index in [0.717, 1.165) is 35.2 Å². The summed E-state index contributed by atoms with van der Waals surface area (Å²) in [5.41, 5.74) is 3.35. The number of anilines is 4. The van der Waals surface area contributed by atoms with E-state index in [9.17, 15) is 4.79 Å². The molecule has 2 aromatic carbocycles. The molecule has 29 heavy (non-hydrogen) atoms. The zero-order chi connectivity index (χ0) is 20.6. The van der Waals surface area contributed by atoms with Gasteiger partial charge in [-0.1, -0.05) is 30.9 Å². The lowest BCUT2D eigenvalue weighted by Gasteiger charge is -2.22. The molecule has 7 heteroatoms. The van der Waals surface area contributed by atoms with E-state index in [4.69, 9.17) is 23.8 Å². The molecule has 0 saturated heterocycles. The SMILES string of the molecule is CC(=O)Nc1ccc(NC(=S)Nc2ccc(NCC3CCCCC3)c(Cl)c2)cc1. The molecule has 0 bridgehead atoms. The lowest BCUT2D eigenvalue weighted by molar-refractivity contribution is -0.114. The van der Waals surface area contributed by atoms with Crippen LogP contribution >= 0.6 is 23.8 Å². The third-order valence-electron chi connectivity index (χ3n) is 5.00. The van der Waals surface area contributed by atoms with Crippen molar-refractivity contribution >= 4 is 57.6 Å². The van der Waals surface area contributed by atoms with E-state index in [0.29, 0.717) is 10.1 Å². The molecule has 0 unspecified atom stereocenters. The smallest absolute Gasteiger partial charge is 0.221 e. The maximum absolute atomic E-state index is 11.1. The van der Waals surface area contributed by atoms with Gasteiger partial charge in [0.15, 0.2) is 5.11 Å². The zero-order valence-electron chi connectivity index (χ0n) is 16.6. The third-order valence-corrected chi connectivity index (χ3v) is 5.51. The van der Waals surface area contributed by atoms with Crippen LogP contribution in [0.3, 0.4) is 0 Å². The highest BCUT2D eigenvalue weighted by atomic mass is 35.5. The Kier molecular flexibility index (Phi) is 7.72. The summed E-state index contributed by atoms with van der Waals surface area (Å²) in [6, 6.07) is 13.2. The maximum Gasteiger partial charge on any atom is 0.221 e. The van der Waals surface area contributed by atoms with Crippen LogP contribution in [0.2, 0.25) is 5.02 Å². The molecule has 1 aliphatic carbocycles. The number of hydrogen-bond acceptors (Lipinski definition) is 3. The minimum absolute atomic E-state index is 0.101. The van der Waals surface area contributed by atoms with Crippen molar-refractivity contribution in [1.82, 2.24) is 0 Å². The fourth-order valence-corrected chi connectivity index (χ4v) is 4.00. The Bertz CT molecular complexity index is 850. The van der Waals surface area contributed by atoms with Gasteiger partial charge < -0.3 is 21.3 Å². The number of thiocarbonyl (C=S) groups is 1. The predicted octanol–water partition coefficient (Wildman–Crippen LogP) is 6.10. The van der Waals surface area contributed by atoms with Crippen molar-refractivity contribution < 1.29 is 4.79 Å². The lowest BCUT2D eigenvalue weighted by atomic mass is 9.89. The second kappa shape index (κ2) is 10.5. The average Bonchev–Trinajstić information content (AvgIpc) is 2.69. The highest BCUT2D eigenvalue weighted by Crippen LogP contribution is 2.28. The van der Waals surface area contributed by atoms with Gasteiger partial charge >= 0.3 is 0 Å². The molecule has 0 atom stereocenters. The first-order valence-electron chi connectivity index (χ1n) is 9.98. The number of carbonyl (C=O) groups is 1. The van der Waals surface area contributed by atoms with Gasteiger partial charge in [0.25, 0.3) is 0 Å². The fourth-order valence-electron chi connectivity index (χ4n) is 3.52. The van der Waals surface area contributed by atoms with Crippen molar-refractivity contribution in [3.05, 3.63) is 47.5 Å². The summed E-state index contributed by atoms with van der Waals surface area (Å²) in [7, 11) is 0. The molecule has 0 aromatic heterocycles. The van der Waals surface area contributed by atoms with Gasteiger partial charge in [-0.15, -0.1) is 0 Å². The molecule has 0 radical (unpaired) electrons. The molecule has 1 amide bonds.